The SMILES string of the molecule is CSCC(=O)C(Cc1ccccc1)NC(=O)C(CC(C)C)NC(=O)CCc1ccccc1. The summed E-state index contributed by atoms with van der Waals surface area (Å²) in [4.78, 5) is 38.4. The van der Waals surface area contributed by atoms with Crippen LogP contribution in [0.4, 0.5) is 0 Å². The van der Waals surface area contributed by atoms with Crippen molar-refractivity contribution in [3.05, 3.63) is 71.8 Å². The van der Waals surface area contributed by atoms with Gasteiger partial charge in [0.15, 0.2) is 5.78 Å². The molecule has 0 heterocycles. The first kappa shape index (κ1) is 25.7. The van der Waals surface area contributed by atoms with Crippen molar-refractivity contribution in [3.63, 3.8) is 0 Å². The molecular formula is C26H34N2O3S. The molecule has 0 aliphatic rings. The van der Waals surface area contributed by atoms with Gasteiger partial charge in [-0.25, -0.2) is 0 Å². The Morgan fingerprint density at radius 1 is 0.844 bits per heavy atom. The van der Waals surface area contributed by atoms with Crippen LogP contribution in [0.1, 0.15) is 37.8 Å². The van der Waals surface area contributed by atoms with E-state index in [1.807, 2.05) is 80.8 Å². The van der Waals surface area contributed by atoms with Crippen LogP contribution in [0.5, 0.6) is 0 Å². The fourth-order valence-electron chi connectivity index (χ4n) is 3.48. The van der Waals surface area contributed by atoms with E-state index >= 15 is 0 Å². The van der Waals surface area contributed by atoms with Crippen molar-refractivity contribution in [2.45, 2.75) is 51.6 Å². The number of hydrogen-bond donors (Lipinski definition) is 2. The number of thioether (sulfide) groups is 1. The molecule has 0 fully saturated rings. The van der Waals surface area contributed by atoms with Crippen LogP contribution < -0.4 is 10.6 Å². The standard InChI is InChI=1S/C26H34N2O3S/c1-19(2)16-23(27-25(30)15-14-20-10-6-4-7-11-20)26(31)28-22(24(29)18-32-3)17-21-12-8-5-9-13-21/h4-13,19,22-23H,14-18H2,1-3H3,(H,27,30)(H,28,31). The summed E-state index contributed by atoms with van der Waals surface area (Å²) in [7, 11) is 0. The average molecular weight is 455 g/mol. The van der Waals surface area contributed by atoms with Crippen molar-refractivity contribution in [1.82, 2.24) is 10.6 Å². The second kappa shape index (κ2) is 13.7. The molecule has 172 valence electrons. The minimum atomic E-state index is -0.668. The normalized spacial score (nSPS) is 12.8. The van der Waals surface area contributed by atoms with Gasteiger partial charge in [-0.15, -0.1) is 0 Å². The molecule has 2 unspecified atom stereocenters. The first-order chi connectivity index (χ1) is 15.4. The number of benzene rings is 2. The van der Waals surface area contributed by atoms with E-state index in [0.717, 1.165) is 11.1 Å². The highest BCUT2D eigenvalue weighted by molar-refractivity contribution is 7.99. The highest BCUT2D eigenvalue weighted by atomic mass is 32.2. The first-order valence-corrected chi connectivity index (χ1v) is 12.5. The van der Waals surface area contributed by atoms with Crippen LogP contribution in [0.3, 0.4) is 0 Å². The number of hydrogen-bond acceptors (Lipinski definition) is 4. The van der Waals surface area contributed by atoms with E-state index in [0.29, 0.717) is 31.4 Å². The Morgan fingerprint density at radius 3 is 2.00 bits per heavy atom. The fraction of sp³-hybridized carbons (Fsp3) is 0.423. The van der Waals surface area contributed by atoms with E-state index in [1.165, 1.54) is 11.8 Å². The van der Waals surface area contributed by atoms with Gasteiger partial charge in [-0.3, -0.25) is 14.4 Å². The number of Topliss-reactive ketones (excluding diaryl/α,β-unsaturated/α-hetero) is 1. The van der Waals surface area contributed by atoms with Gasteiger partial charge in [-0.05, 0) is 42.6 Å². The molecule has 0 aliphatic heterocycles. The van der Waals surface area contributed by atoms with Gasteiger partial charge in [0, 0.05) is 6.42 Å². The molecule has 5 nitrogen and oxygen atoms in total. The second-order valence-corrected chi connectivity index (χ2v) is 9.25. The van der Waals surface area contributed by atoms with Gasteiger partial charge >= 0.3 is 0 Å². The van der Waals surface area contributed by atoms with Gasteiger partial charge in [-0.1, -0.05) is 74.5 Å². The summed E-state index contributed by atoms with van der Waals surface area (Å²) in [5, 5.41) is 5.81. The summed E-state index contributed by atoms with van der Waals surface area (Å²) in [6, 6.07) is 18.2. The van der Waals surface area contributed by atoms with Crippen molar-refractivity contribution in [1.29, 1.82) is 0 Å². The predicted molar refractivity (Wildman–Crippen MR) is 132 cm³/mol. The number of carbonyl (C=O) groups excluding carboxylic acids is 3. The van der Waals surface area contributed by atoms with Crippen molar-refractivity contribution in [3.8, 4) is 0 Å². The zero-order chi connectivity index (χ0) is 23.3. The summed E-state index contributed by atoms with van der Waals surface area (Å²) >= 11 is 1.44. The molecule has 0 saturated carbocycles. The highest BCUT2D eigenvalue weighted by Gasteiger charge is 2.27. The smallest absolute Gasteiger partial charge is 0.243 e. The lowest BCUT2D eigenvalue weighted by molar-refractivity contribution is -0.131. The molecular weight excluding hydrogens is 420 g/mol. The van der Waals surface area contributed by atoms with Crippen LogP contribution in [0.2, 0.25) is 0 Å². The third-order valence-electron chi connectivity index (χ3n) is 5.12. The fourth-order valence-corrected chi connectivity index (χ4v) is 3.97. The summed E-state index contributed by atoms with van der Waals surface area (Å²) in [6.07, 6.45) is 3.74. The van der Waals surface area contributed by atoms with Gasteiger partial charge in [0.25, 0.3) is 0 Å². The minimum absolute atomic E-state index is 0.0200. The van der Waals surface area contributed by atoms with E-state index in [9.17, 15) is 14.4 Å². The molecule has 2 aromatic rings. The molecule has 0 spiro atoms. The maximum absolute atomic E-state index is 13.1. The zero-order valence-corrected chi connectivity index (χ0v) is 20.0. The number of amides is 2. The van der Waals surface area contributed by atoms with Gasteiger partial charge in [-0.2, -0.15) is 11.8 Å². The Labute approximate surface area is 195 Å². The van der Waals surface area contributed by atoms with Crippen molar-refractivity contribution >= 4 is 29.4 Å². The van der Waals surface area contributed by atoms with Crippen LogP contribution in [0.25, 0.3) is 0 Å². The molecule has 6 heteroatoms. The molecule has 2 amide bonds. The van der Waals surface area contributed by atoms with Crippen molar-refractivity contribution in [2.24, 2.45) is 5.92 Å². The van der Waals surface area contributed by atoms with Gasteiger partial charge in [0.05, 0.1) is 11.8 Å². The molecule has 32 heavy (non-hydrogen) atoms. The molecule has 2 aromatic carbocycles. The Kier molecular flexibility index (Phi) is 11.0. The van der Waals surface area contributed by atoms with Crippen LogP contribution in [0, 0.1) is 5.92 Å². The first-order valence-electron chi connectivity index (χ1n) is 11.1. The van der Waals surface area contributed by atoms with Gasteiger partial charge in [0.2, 0.25) is 11.8 Å². The molecule has 0 saturated heterocycles. The van der Waals surface area contributed by atoms with Crippen LogP contribution in [-0.2, 0) is 27.2 Å². The van der Waals surface area contributed by atoms with E-state index in [-0.39, 0.29) is 23.5 Å². The van der Waals surface area contributed by atoms with E-state index in [2.05, 4.69) is 10.6 Å². The molecule has 0 bridgehead atoms. The Balaban J connectivity index is 2.03. The minimum Gasteiger partial charge on any atom is -0.344 e. The summed E-state index contributed by atoms with van der Waals surface area (Å²) in [5.41, 5.74) is 2.07. The third kappa shape index (κ3) is 9.27. The number of nitrogens with one attached hydrogen (secondary N) is 2. The van der Waals surface area contributed by atoms with Crippen LogP contribution in [0.15, 0.2) is 60.7 Å². The van der Waals surface area contributed by atoms with E-state index < -0.39 is 12.1 Å². The van der Waals surface area contributed by atoms with E-state index in [1.54, 1.807) is 0 Å². The number of ketones is 1. The van der Waals surface area contributed by atoms with Crippen molar-refractivity contribution < 1.29 is 14.4 Å². The molecule has 2 atom stereocenters. The van der Waals surface area contributed by atoms with Crippen molar-refractivity contribution in [2.75, 3.05) is 12.0 Å². The number of aryl methyl sites for hydroxylation is 1. The molecule has 2 rings (SSSR count). The topological polar surface area (TPSA) is 75.3 Å². The lowest BCUT2D eigenvalue weighted by Crippen LogP contribution is -2.53. The second-order valence-electron chi connectivity index (χ2n) is 8.39. The molecule has 2 N–H and O–H groups in total. The summed E-state index contributed by atoms with van der Waals surface area (Å²) < 4.78 is 0. The van der Waals surface area contributed by atoms with E-state index in [4.69, 9.17) is 0 Å². The van der Waals surface area contributed by atoms with Gasteiger partial charge < -0.3 is 10.6 Å². The summed E-state index contributed by atoms with van der Waals surface area (Å²) in [6.45, 7) is 4.02. The highest BCUT2D eigenvalue weighted by Crippen LogP contribution is 2.10. The third-order valence-corrected chi connectivity index (χ3v) is 5.69. The number of rotatable bonds is 13. The average Bonchev–Trinajstić information content (AvgIpc) is 2.78. The van der Waals surface area contributed by atoms with Crippen LogP contribution >= 0.6 is 11.8 Å². The molecule has 0 aliphatic carbocycles. The predicted octanol–water partition coefficient (Wildman–Crippen LogP) is 3.81. The lowest BCUT2D eigenvalue weighted by Gasteiger charge is -2.24. The molecule has 0 radical (unpaired) electrons. The quantitative estimate of drug-likeness (QED) is 0.483. The largest absolute Gasteiger partial charge is 0.344 e. The Bertz CT molecular complexity index is 856. The number of carbonyl (C=O) groups is 3. The van der Waals surface area contributed by atoms with Gasteiger partial charge in [0.1, 0.15) is 6.04 Å². The lowest BCUT2D eigenvalue weighted by atomic mass is 9.99. The maximum atomic E-state index is 13.1. The maximum Gasteiger partial charge on any atom is 0.243 e. The Morgan fingerprint density at radius 2 is 1.44 bits per heavy atom. The monoisotopic (exact) mass is 454 g/mol. The zero-order valence-electron chi connectivity index (χ0n) is 19.2. The summed E-state index contributed by atoms with van der Waals surface area (Å²) in [5.74, 6) is 0.0608. The molecule has 0 aromatic heterocycles. The van der Waals surface area contributed by atoms with Crippen LogP contribution in [-0.4, -0.2) is 41.7 Å². The Hall–Kier alpha value is -2.60.